The summed E-state index contributed by atoms with van der Waals surface area (Å²) < 4.78 is 40.0. The van der Waals surface area contributed by atoms with E-state index in [0.717, 1.165) is 55.7 Å². The smallest absolute Gasteiger partial charge is 0.256 e. The Morgan fingerprint density at radius 2 is 1.28 bits per heavy atom. The van der Waals surface area contributed by atoms with Crippen LogP contribution in [0, 0.1) is 0 Å². The van der Waals surface area contributed by atoms with E-state index >= 15 is 0 Å². The molecule has 0 fully saturated rings. The molecule has 0 aliphatic rings. The van der Waals surface area contributed by atoms with Crippen LogP contribution in [0.5, 0.6) is 0 Å². The maximum absolute atomic E-state index is 12.9. The number of fused-ring (bicyclic) bond motifs is 4. The van der Waals surface area contributed by atoms with Crippen molar-refractivity contribution in [3.63, 3.8) is 0 Å². The second-order valence-corrected chi connectivity index (χ2v) is 10.4. The summed E-state index contributed by atoms with van der Waals surface area (Å²) in [6.07, 6.45) is -0.674. The number of pyridine rings is 2. The molecule has 0 amide bonds. The molecule has 0 unspecified atom stereocenters. The van der Waals surface area contributed by atoms with Crippen molar-refractivity contribution < 1.29 is 13.2 Å². The van der Waals surface area contributed by atoms with Crippen molar-refractivity contribution >= 4 is 42.5 Å². The number of halogens is 3. The van der Waals surface area contributed by atoms with Crippen LogP contribution >= 0.6 is 11.3 Å². The van der Waals surface area contributed by atoms with Crippen LogP contribution in [0.1, 0.15) is 5.56 Å². The Morgan fingerprint density at radius 1 is 0.590 bits per heavy atom. The van der Waals surface area contributed by atoms with Crippen LogP contribution < -0.4 is 0 Å². The summed E-state index contributed by atoms with van der Waals surface area (Å²) in [6.45, 7) is 0. The maximum Gasteiger partial charge on any atom is 0.416 e. The van der Waals surface area contributed by atoms with Gasteiger partial charge in [0.05, 0.1) is 11.1 Å². The van der Waals surface area contributed by atoms with Gasteiger partial charge in [0, 0.05) is 38.8 Å². The first-order chi connectivity index (χ1) is 18.9. The third-order valence-electron chi connectivity index (χ3n) is 7.03. The van der Waals surface area contributed by atoms with Gasteiger partial charge in [-0.05, 0) is 64.2 Å². The van der Waals surface area contributed by atoms with E-state index in [1.54, 1.807) is 11.3 Å². The van der Waals surface area contributed by atoms with Crippen molar-refractivity contribution in [2.75, 3.05) is 0 Å². The molecule has 0 saturated heterocycles. The van der Waals surface area contributed by atoms with E-state index in [9.17, 15) is 13.2 Å². The summed E-state index contributed by atoms with van der Waals surface area (Å²) in [5.41, 5.74) is 6.07. The lowest BCUT2D eigenvalue weighted by molar-refractivity contribution is -0.137. The molecule has 0 aliphatic carbocycles. The highest BCUT2D eigenvalue weighted by atomic mass is 32.1. The van der Waals surface area contributed by atoms with Crippen LogP contribution in [0.2, 0.25) is 0 Å². The number of hydrogen-bond donors (Lipinski definition) is 0. The zero-order valence-corrected chi connectivity index (χ0v) is 21.2. The third kappa shape index (κ3) is 4.23. The fourth-order valence-electron chi connectivity index (χ4n) is 5.01. The largest absolute Gasteiger partial charge is 0.416 e. The minimum absolute atomic E-state index is 0.654. The molecule has 0 saturated carbocycles. The number of aromatic nitrogens is 2. The Hall–Kier alpha value is -4.55. The number of thiophene rings is 1. The van der Waals surface area contributed by atoms with Gasteiger partial charge in [-0.15, -0.1) is 11.3 Å². The Bertz CT molecular complexity index is 1990. The minimum Gasteiger partial charge on any atom is -0.256 e. The molecule has 188 valence electrons. The van der Waals surface area contributed by atoms with Crippen molar-refractivity contribution in [2.45, 2.75) is 6.18 Å². The van der Waals surface area contributed by atoms with Crippen molar-refractivity contribution in [2.24, 2.45) is 0 Å². The Morgan fingerprint density at radius 3 is 2.08 bits per heavy atom. The number of benzene rings is 4. The molecule has 0 N–H and O–H groups in total. The fourth-order valence-corrected chi connectivity index (χ4v) is 6.19. The highest BCUT2D eigenvalue weighted by Crippen LogP contribution is 2.39. The lowest BCUT2D eigenvalue weighted by Crippen LogP contribution is -2.03. The molecule has 7 rings (SSSR count). The molecular formula is C33H19F3N2S. The molecule has 0 bridgehead atoms. The van der Waals surface area contributed by atoms with Crippen molar-refractivity contribution in [3.8, 4) is 33.4 Å². The quantitative estimate of drug-likeness (QED) is 0.226. The zero-order valence-electron chi connectivity index (χ0n) is 20.4. The van der Waals surface area contributed by atoms with Gasteiger partial charge in [0.2, 0.25) is 0 Å². The molecule has 4 aromatic carbocycles. The molecule has 3 aromatic heterocycles. The van der Waals surface area contributed by atoms with Crippen LogP contribution in [0.15, 0.2) is 116 Å². The van der Waals surface area contributed by atoms with E-state index in [1.165, 1.54) is 33.2 Å². The van der Waals surface area contributed by atoms with Gasteiger partial charge in [0.1, 0.15) is 4.83 Å². The molecule has 0 radical (unpaired) electrons. The van der Waals surface area contributed by atoms with Gasteiger partial charge in [-0.2, -0.15) is 13.2 Å². The fraction of sp³-hybridized carbons (Fsp3) is 0.0303. The predicted octanol–water partition coefficient (Wildman–Crippen LogP) is 10.0. The van der Waals surface area contributed by atoms with Gasteiger partial charge < -0.3 is 0 Å². The Kier molecular flexibility index (Phi) is 5.46. The van der Waals surface area contributed by atoms with Gasteiger partial charge >= 0.3 is 6.18 Å². The second-order valence-electron chi connectivity index (χ2n) is 9.42. The van der Waals surface area contributed by atoms with E-state index in [2.05, 4.69) is 64.6 Å². The third-order valence-corrected chi connectivity index (χ3v) is 8.20. The van der Waals surface area contributed by atoms with Gasteiger partial charge in [-0.25, -0.2) is 4.98 Å². The summed E-state index contributed by atoms with van der Waals surface area (Å²) in [7, 11) is 0. The Balaban J connectivity index is 1.19. The van der Waals surface area contributed by atoms with E-state index in [1.807, 2.05) is 36.7 Å². The van der Waals surface area contributed by atoms with Crippen LogP contribution in [-0.4, -0.2) is 9.97 Å². The molecular weight excluding hydrogens is 513 g/mol. The van der Waals surface area contributed by atoms with E-state index in [-0.39, 0.29) is 0 Å². The van der Waals surface area contributed by atoms with Gasteiger partial charge in [-0.3, -0.25) is 4.98 Å². The first-order valence-electron chi connectivity index (χ1n) is 12.4. The molecule has 6 heteroatoms. The van der Waals surface area contributed by atoms with Crippen LogP contribution in [0.4, 0.5) is 13.2 Å². The molecule has 0 spiro atoms. The number of hydrogen-bond acceptors (Lipinski definition) is 3. The maximum atomic E-state index is 12.9. The van der Waals surface area contributed by atoms with Crippen molar-refractivity contribution in [1.82, 2.24) is 9.97 Å². The van der Waals surface area contributed by atoms with E-state index < -0.39 is 11.7 Å². The number of rotatable bonds is 3. The van der Waals surface area contributed by atoms with E-state index in [0.29, 0.717) is 0 Å². The number of alkyl halides is 3. The topological polar surface area (TPSA) is 25.8 Å². The SMILES string of the molecule is FC(F)(F)c1ccc(-c2ccc3cc(-c4ccc(-c5cccc6c5sc5ncccc56)cc4)cnc3c2)cc1. The summed E-state index contributed by atoms with van der Waals surface area (Å²) in [5, 5.41) is 3.37. The molecule has 2 nitrogen and oxygen atoms in total. The second kappa shape index (κ2) is 9.03. The summed E-state index contributed by atoms with van der Waals surface area (Å²) in [4.78, 5) is 10.2. The van der Waals surface area contributed by atoms with Gasteiger partial charge in [0.25, 0.3) is 0 Å². The monoisotopic (exact) mass is 532 g/mol. The summed E-state index contributed by atoms with van der Waals surface area (Å²) in [5.74, 6) is 0. The van der Waals surface area contributed by atoms with Crippen LogP contribution in [-0.2, 0) is 6.18 Å². The van der Waals surface area contributed by atoms with Gasteiger partial charge in [0.15, 0.2) is 0 Å². The lowest BCUT2D eigenvalue weighted by Gasteiger charge is -2.09. The number of nitrogens with zero attached hydrogens (tertiary/aromatic N) is 2. The van der Waals surface area contributed by atoms with Crippen LogP contribution in [0.25, 0.3) is 64.6 Å². The first kappa shape index (κ1) is 23.6. The average molecular weight is 533 g/mol. The predicted molar refractivity (Wildman–Crippen MR) is 154 cm³/mol. The first-order valence-corrected chi connectivity index (χ1v) is 13.2. The minimum atomic E-state index is -4.35. The molecule has 7 aromatic rings. The highest BCUT2D eigenvalue weighted by Gasteiger charge is 2.30. The summed E-state index contributed by atoms with van der Waals surface area (Å²) >= 11 is 1.72. The van der Waals surface area contributed by atoms with E-state index in [4.69, 9.17) is 0 Å². The van der Waals surface area contributed by atoms with Crippen molar-refractivity contribution in [3.05, 3.63) is 121 Å². The van der Waals surface area contributed by atoms with Crippen LogP contribution in [0.3, 0.4) is 0 Å². The molecule has 39 heavy (non-hydrogen) atoms. The van der Waals surface area contributed by atoms with Gasteiger partial charge in [-0.1, -0.05) is 66.7 Å². The lowest BCUT2D eigenvalue weighted by atomic mass is 9.98. The molecule has 3 heterocycles. The Labute approximate surface area is 226 Å². The normalized spacial score (nSPS) is 12.0. The summed E-state index contributed by atoms with van der Waals surface area (Å²) in [6, 6.07) is 32.1. The standard InChI is InChI=1S/C33H19F3N2S/c34-33(35,36)26-14-12-20(13-15-26)23-10-11-24-17-25(19-38-30(24)18-23)21-6-8-22(9-7-21)27-3-1-4-28-29-5-2-16-37-32(29)39-31(27)28/h1-19H. The molecule has 0 aliphatic heterocycles. The average Bonchev–Trinajstić information content (AvgIpc) is 3.35. The highest BCUT2D eigenvalue weighted by molar-refractivity contribution is 7.26. The zero-order chi connectivity index (χ0) is 26.6. The molecule has 0 atom stereocenters. The van der Waals surface area contributed by atoms with Crippen molar-refractivity contribution in [1.29, 1.82) is 0 Å².